The minimum absolute atomic E-state index is 0.593. The highest BCUT2D eigenvalue weighted by Gasteiger charge is 2.05. The van der Waals surface area contributed by atoms with Gasteiger partial charge in [0.2, 0.25) is 5.13 Å². The predicted molar refractivity (Wildman–Crippen MR) is 49.8 cm³/mol. The van der Waals surface area contributed by atoms with Crippen molar-refractivity contribution < 1.29 is 0 Å². The normalized spacial score (nSPS) is 10.5. The first kappa shape index (κ1) is 8.33. The van der Waals surface area contributed by atoms with Crippen LogP contribution in [0, 0.1) is 0 Å². The summed E-state index contributed by atoms with van der Waals surface area (Å²) in [6.07, 6.45) is 4.37. The fourth-order valence-corrected chi connectivity index (χ4v) is 1.66. The zero-order chi connectivity index (χ0) is 9.10. The summed E-state index contributed by atoms with van der Waals surface area (Å²) in [7, 11) is 0. The number of hydrogen-bond donors (Lipinski definition) is 1. The van der Waals surface area contributed by atoms with E-state index in [0.29, 0.717) is 6.54 Å². The molecule has 5 nitrogen and oxygen atoms in total. The topological polar surface area (TPSA) is 69.6 Å². The van der Waals surface area contributed by atoms with Gasteiger partial charge in [-0.25, -0.2) is 4.98 Å². The van der Waals surface area contributed by atoms with Crippen molar-refractivity contribution in [2.24, 2.45) is 5.73 Å². The summed E-state index contributed by atoms with van der Waals surface area (Å²) in [4.78, 5) is 4.18. The van der Waals surface area contributed by atoms with E-state index < -0.39 is 0 Å². The van der Waals surface area contributed by atoms with Gasteiger partial charge >= 0.3 is 0 Å². The zero-order valence-corrected chi connectivity index (χ0v) is 7.74. The summed E-state index contributed by atoms with van der Waals surface area (Å²) in [5.41, 5.74) is 7.15. The quantitative estimate of drug-likeness (QED) is 0.761. The standard InChI is InChI=1S/C7H9N5S/c8-2-1-6-9-3-4-12(6)7-11-10-5-13-7/h3-5H,1-2,8H2. The van der Waals surface area contributed by atoms with E-state index in [4.69, 9.17) is 5.73 Å². The number of imidazole rings is 1. The van der Waals surface area contributed by atoms with Gasteiger partial charge < -0.3 is 5.73 Å². The fraction of sp³-hybridized carbons (Fsp3) is 0.286. The van der Waals surface area contributed by atoms with Crippen LogP contribution in [-0.4, -0.2) is 26.3 Å². The smallest absolute Gasteiger partial charge is 0.217 e. The Hall–Kier alpha value is -1.27. The molecule has 0 radical (unpaired) electrons. The van der Waals surface area contributed by atoms with E-state index in [1.807, 2.05) is 10.8 Å². The first-order valence-corrected chi connectivity index (χ1v) is 4.78. The molecule has 2 aromatic rings. The molecule has 2 heterocycles. The number of hydrogen-bond acceptors (Lipinski definition) is 5. The van der Waals surface area contributed by atoms with Gasteiger partial charge in [-0.1, -0.05) is 11.3 Å². The SMILES string of the molecule is NCCc1nccn1-c1nncs1. The molecule has 0 saturated carbocycles. The molecule has 0 bridgehead atoms. The minimum atomic E-state index is 0.593. The van der Waals surface area contributed by atoms with E-state index >= 15 is 0 Å². The van der Waals surface area contributed by atoms with Crippen molar-refractivity contribution in [3.63, 3.8) is 0 Å². The molecule has 13 heavy (non-hydrogen) atoms. The molecule has 6 heteroatoms. The van der Waals surface area contributed by atoms with Crippen LogP contribution in [0.4, 0.5) is 0 Å². The largest absolute Gasteiger partial charge is 0.330 e. The maximum Gasteiger partial charge on any atom is 0.217 e. The van der Waals surface area contributed by atoms with Gasteiger partial charge in [0.15, 0.2) is 0 Å². The van der Waals surface area contributed by atoms with Crippen molar-refractivity contribution in [1.29, 1.82) is 0 Å². The molecular formula is C7H9N5S. The molecule has 0 fully saturated rings. The van der Waals surface area contributed by atoms with E-state index in [9.17, 15) is 0 Å². The van der Waals surface area contributed by atoms with Gasteiger partial charge in [-0.05, 0) is 6.54 Å². The van der Waals surface area contributed by atoms with Crippen molar-refractivity contribution >= 4 is 11.3 Å². The maximum atomic E-state index is 5.46. The van der Waals surface area contributed by atoms with Crippen molar-refractivity contribution in [1.82, 2.24) is 19.7 Å². The lowest BCUT2D eigenvalue weighted by Crippen LogP contribution is -2.08. The zero-order valence-electron chi connectivity index (χ0n) is 6.92. The van der Waals surface area contributed by atoms with Gasteiger partial charge in [0.1, 0.15) is 11.3 Å². The number of nitrogens with two attached hydrogens (primary N) is 1. The maximum absolute atomic E-state index is 5.46. The van der Waals surface area contributed by atoms with Crippen molar-refractivity contribution in [2.45, 2.75) is 6.42 Å². The summed E-state index contributed by atoms with van der Waals surface area (Å²) in [5, 5.41) is 8.55. The third-order valence-electron chi connectivity index (χ3n) is 1.64. The summed E-state index contributed by atoms with van der Waals surface area (Å²) >= 11 is 1.48. The second kappa shape index (κ2) is 3.63. The van der Waals surface area contributed by atoms with Crippen LogP contribution in [0.5, 0.6) is 0 Å². The van der Waals surface area contributed by atoms with Crippen molar-refractivity contribution in [3.05, 3.63) is 23.7 Å². The Morgan fingerprint density at radius 2 is 2.46 bits per heavy atom. The van der Waals surface area contributed by atoms with E-state index in [2.05, 4.69) is 15.2 Å². The average Bonchev–Trinajstić information content (AvgIpc) is 2.71. The second-order valence-electron chi connectivity index (χ2n) is 2.47. The van der Waals surface area contributed by atoms with E-state index in [-0.39, 0.29) is 0 Å². The molecule has 0 aliphatic rings. The molecule has 0 amide bonds. The molecule has 0 spiro atoms. The van der Waals surface area contributed by atoms with Crippen LogP contribution >= 0.6 is 11.3 Å². The highest BCUT2D eigenvalue weighted by atomic mass is 32.1. The van der Waals surface area contributed by atoms with Gasteiger partial charge in [0, 0.05) is 18.8 Å². The molecule has 2 aromatic heterocycles. The van der Waals surface area contributed by atoms with Crippen molar-refractivity contribution in [3.8, 4) is 5.13 Å². The molecule has 2 rings (SSSR count). The first-order valence-electron chi connectivity index (χ1n) is 3.90. The number of rotatable bonds is 3. The van der Waals surface area contributed by atoms with Crippen LogP contribution in [0.15, 0.2) is 17.9 Å². The molecule has 0 aliphatic carbocycles. The highest BCUT2D eigenvalue weighted by Crippen LogP contribution is 2.11. The minimum Gasteiger partial charge on any atom is -0.330 e. The fourth-order valence-electron chi connectivity index (χ4n) is 1.09. The summed E-state index contributed by atoms with van der Waals surface area (Å²) in [6.45, 7) is 0.593. The summed E-state index contributed by atoms with van der Waals surface area (Å²) < 4.78 is 1.91. The molecule has 0 aliphatic heterocycles. The highest BCUT2D eigenvalue weighted by molar-refractivity contribution is 7.11. The number of aromatic nitrogens is 4. The molecule has 0 aromatic carbocycles. The number of nitrogens with zero attached hydrogens (tertiary/aromatic N) is 4. The molecule has 0 saturated heterocycles. The molecule has 0 atom stereocenters. The van der Waals surface area contributed by atoms with Crippen molar-refractivity contribution in [2.75, 3.05) is 6.54 Å². The van der Waals surface area contributed by atoms with E-state index in [1.54, 1.807) is 11.7 Å². The molecular weight excluding hydrogens is 186 g/mol. The van der Waals surface area contributed by atoms with Crippen LogP contribution < -0.4 is 5.73 Å². The van der Waals surface area contributed by atoms with Crippen LogP contribution in [0.2, 0.25) is 0 Å². The van der Waals surface area contributed by atoms with E-state index in [0.717, 1.165) is 17.4 Å². The average molecular weight is 195 g/mol. The van der Waals surface area contributed by atoms with Crippen LogP contribution in [-0.2, 0) is 6.42 Å². The molecule has 68 valence electrons. The Kier molecular flexibility index (Phi) is 2.33. The Morgan fingerprint density at radius 3 is 3.15 bits per heavy atom. The van der Waals surface area contributed by atoms with Gasteiger partial charge in [0.05, 0.1) is 0 Å². The Bertz CT molecular complexity index is 366. The lowest BCUT2D eigenvalue weighted by molar-refractivity contribution is 0.824. The third-order valence-corrected chi connectivity index (χ3v) is 2.33. The monoisotopic (exact) mass is 195 g/mol. The van der Waals surface area contributed by atoms with Gasteiger partial charge in [-0.3, -0.25) is 4.57 Å². The van der Waals surface area contributed by atoms with Crippen LogP contribution in [0.3, 0.4) is 0 Å². The van der Waals surface area contributed by atoms with Gasteiger partial charge in [-0.15, -0.1) is 10.2 Å². The van der Waals surface area contributed by atoms with Gasteiger partial charge in [-0.2, -0.15) is 0 Å². The lowest BCUT2D eigenvalue weighted by Gasteiger charge is -2.00. The first-order chi connectivity index (χ1) is 6.42. The lowest BCUT2D eigenvalue weighted by atomic mass is 10.4. The second-order valence-corrected chi connectivity index (χ2v) is 3.29. The third kappa shape index (κ3) is 1.58. The summed E-state index contributed by atoms with van der Waals surface area (Å²) in [6, 6.07) is 0. The molecule has 0 unspecified atom stereocenters. The van der Waals surface area contributed by atoms with Gasteiger partial charge in [0.25, 0.3) is 0 Å². The Morgan fingerprint density at radius 1 is 1.54 bits per heavy atom. The molecule has 2 N–H and O–H groups in total. The van der Waals surface area contributed by atoms with E-state index in [1.165, 1.54) is 11.3 Å². The predicted octanol–water partition coefficient (Wildman–Crippen LogP) is 0.225. The van der Waals surface area contributed by atoms with Crippen LogP contribution in [0.25, 0.3) is 5.13 Å². The summed E-state index contributed by atoms with van der Waals surface area (Å²) in [5.74, 6) is 0.930. The Labute approximate surface area is 79.2 Å². The van der Waals surface area contributed by atoms with Crippen LogP contribution in [0.1, 0.15) is 5.82 Å². The Balaban J connectivity index is 2.35.